The molecule has 0 saturated heterocycles. The van der Waals surface area contributed by atoms with Gasteiger partial charge in [-0.15, -0.1) is 0 Å². The zero-order valence-corrected chi connectivity index (χ0v) is 7.88. The number of rotatable bonds is 2. The fraction of sp³-hybridized carbons (Fsp3) is 0.333. The van der Waals surface area contributed by atoms with E-state index < -0.39 is 0 Å². The third kappa shape index (κ3) is 2.54. The van der Waals surface area contributed by atoms with Gasteiger partial charge in [0.2, 0.25) is 0 Å². The molecule has 1 aliphatic rings. The molecule has 0 N–H and O–H groups in total. The minimum Gasteiger partial charge on any atom is -0.0877 e. The van der Waals surface area contributed by atoms with Crippen LogP contribution < -0.4 is 0 Å². The maximum absolute atomic E-state index is 2.30. The Kier molecular flexibility index (Phi) is 3.59. The third-order valence-electron chi connectivity index (χ3n) is 2.02. The lowest BCUT2D eigenvalue weighted by Crippen LogP contribution is -1.87. The Morgan fingerprint density at radius 3 is 2.58 bits per heavy atom. The number of hydrogen-bond acceptors (Lipinski definition) is 0. The summed E-state index contributed by atoms with van der Waals surface area (Å²) in [5, 5.41) is 0. The van der Waals surface area contributed by atoms with Gasteiger partial charge in [-0.05, 0) is 37.8 Å². The highest BCUT2D eigenvalue weighted by atomic mass is 14.0. The maximum Gasteiger partial charge on any atom is -0.0270 e. The van der Waals surface area contributed by atoms with Gasteiger partial charge in [-0.3, -0.25) is 0 Å². The van der Waals surface area contributed by atoms with Crippen LogP contribution in [0.3, 0.4) is 0 Å². The summed E-state index contributed by atoms with van der Waals surface area (Å²) in [5.41, 5.74) is 2.78. The summed E-state index contributed by atoms with van der Waals surface area (Å²) < 4.78 is 0. The van der Waals surface area contributed by atoms with Crippen molar-refractivity contribution in [3.63, 3.8) is 0 Å². The molecule has 0 nitrogen and oxygen atoms in total. The standard InChI is InChI=1S/C12H16/c1-3-4-5-9-12-10-7-6-8-11(12)2/h3-5,8-10H,6-7H2,1-2H3/b4-3-,9-5-. The molecular weight excluding hydrogens is 144 g/mol. The van der Waals surface area contributed by atoms with Crippen molar-refractivity contribution in [2.45, 2.75) is 26.7 Å². The SMILES string of the molecule is C/C=C\C=C/C1=CCCC=C1C. The molecule has 0 aromatic rings. The van der Waals surface area contributed by atoms with Gasteiger partial charge in [-0.1, -0.05) is 36.5 Å². The van der Waals surface area contributed by atoms with E-state index in [0.717, 1.165) is 0 Å². The molecule has 1 aliphatic carbocycles. The molecule has 12 heavy (non-hydrogen) atoms. The lowest BCUT2D eigenvalue weighted by atomic mass is 9.99. The highest BCUT2D eigenvalue weighted by Gasteiger charge is 1.98. The Hall–Kier alpha value is -1.04. The molecule has 0 aromatic carbocycles. The molecule has 64 valence electrons. The van der Waals surface area contributed by atoms with E-state index in [-0.39, 0.29) is 0 Å². The highest BCUT2D eigenvalue weighted by Crippen LogP contribution is 2.18. The van der Waals surface area contributed by atoms with Gasteiger partial charge in [0.05, 0.1) is 0 Å². The predicted octanol–water partition coefficient (Wildman–Crippen LogP) is 3.79. The van der Waals surface area contributed by atoms with E-state index in [1.165, 1.54) is 24.0 Å². The first-order valence-electron chi connectivity index (χ1n) is 4.51. The molecule has 0 amide bonds. The summed E-state index contributed by atoms with van der Waals surface area (Å²) in [7, 11) is 0. The Morgan fingerprint density at radius 1 is 1.17 bits per heavy atom. The molecule has 0 atom stereocenters. The highest BCUT2D eigenvalue weighted by molar-refractivity contribution is 5.41. The Labute approximate surface area is 75.0 Å². The van der Waals surface area contributed by atoms with Crippen LogP contribution in [-0.2, 0) is 0 Å². The molecule has 0 spiro atoms. The van der Waals surface area contributed by atoms with E-state index in [4.69, 9.17) is 0 Å². The molecular formula is C12H16. The van der Waals surface area contributed by atoms with Crippen molar-refractivity contribution in [3.05, 3.63) is 47.6 Å². The fourth-order valence-corrected chi connectivity index (χ4v) is 1.29. The van der Waals surface area contributed by atoms with E-state index in [1.807, 2.05) is 13.0 Å². The van der Waals surface area contributed by atoms with Crippen molar-refractivity contribution in [1.29, 1.82) is 0 Å². The molecule has 0 unspecified atom stereocenters. The first-order chi connectivity index (χ1) is 5.84. The van der Waals surface area contributed by atoms with Gasteiger partial charge >= 0.3 is 0 Å². The second-order valence-electron chi connectivity index (χ2n) is 3.01. The van der Waals surface area contributed by atoms with Crippen LogP contribution in [0.2, 0.25) is 0 Å². The summed E-state index contributed by atoms with van der Waals surface area (Å²) in [6.07, 6.45) is 15.4. The summed E-state index contributed by atoms with van der Waals surface area (Å²) in [6.45, 7) is 4.20. The van der Waals surface area contributed by atoms with Crippen LogP contribution in [0.5, 0.6) is 0 Å². The van der Waals surface area contributed by atoms with E-state index in [2.05, 4.69) is 37.3 Å². The second kappa shape index (κ2) is 4.76. The monoisotopic (exact) mass is 160 g/mol. The zero-order valence-electron chi connectivity index (χ0n) is 7.88. The topological polar surface area (TPSA) is 0 Å². The predicted molar refractivity (Wildman–Crippen MR) is 55.0 cm³/mol. The first-order valence-corrected chi connectivity index (χ1v) is 4.51. The van der Waals surface area contributed by atoms with Crippen LogP contribution >= 0.6 is 0 Å². The van der Waals surface area contributed by atoms with Crippen LogP contribution in [0.1, 0.15) is 26.7 Å². The van der Waals surface area contributed by atoms with Crippen LogP contribution in [0, 0.1) is 0 Å². The van der Waals surface area contributed by atoms with Gasteiger partial charge in [-0.2, -0.15) is 0 Å². The molecule has 0 aliphatic heterocycles. The van der Waals surface area contributed by atoms with Crippen molar-refractivity contribution >= 4 is 0 Å². The minimum absolute atomic E-state index is 1.19. The lowest BCUT2D eigenvalue weighted by molar-refractivity contribution is 1.00. The Morgan fingerprint density at radius 2 is 1.92 bits per heavy atom. The molecule has 1 rings (SSSR count). The largest absolute Gasteiger partial charge is 0.0877 e. The van der Waals surface area contributed by atoms with E-state index in [1.54, 1.807) is 0 Å². The second-order valence-corrected chi connectivity index (χ2v) is 3.01. The van der Waals surface area contributed by atoms with Crippen molar-refractivity contribution in [2.75, 3.05) is 0 Å². The van der Waals surface area contributed by atoms with Gasteiger partial charge in [-0.25, -0.2) is 0 Å². The summed E-state index contributed by atoms with van der Waals surface area (Å²) in [6, 6.07) is 0. The van der Waals surface area contributed by atoms with Crippen LogP contribution in [0.25, 0.3) is 0 Å². The smallest absolute Gasteiger partial charge is 0.0270 e. The maximum atomic E-state index is 2.30. The van der Waals surface area contributed by atoms with Gasteiger partial charge in [0.1, 0.15) is 0 Å². The first kappa shape index (κ1) is 9.05. The van der Waals surface area contributed by atoms with Crippen molar-refractivity contribution < 1.29 is 0 Å². The average molecular weight is 160 g/mol. The van der Waals surface area contributed by atoms with E-state index >= 15 is 0 Å². The Balaban J connectivity index is 2.62. The average Bonchev–Trinajstić information content (AvgIpc) is 2.09. The molecule has 0 heteroatoms. The van der Waals surface area contributed by atoms with E-state index in [9.17, 15) is 0 Å². The molecule has 0 heterocycles. The molecule has 0 bridgehead atoms. The molecule has 0 fully saturated rings. The quantitative estimate of drug-likeness (QED) is 0.539. The van der Waals surface area contributed by atoms with Crippen LogP contribution in [0.15, 0.2) is 47.6 Å². The van der Waals surface area contributed by atoms with Crippen molar-refractivity contribution in [3.8, 4) is 0 Å². The zero-order chi connectivity index (χ0) is 8.81. The van der Waals surface area contributed by atoms with Crippen LogP contribution in [0.4, 0.5) is 0 Å². The van der Waals surface area contributed by atoms with Gasteiger partial charge in [0.25, 0.3) is 0 Å². The Bertz CT molecular complexity index is 249. The van der Waals surface area contributed by atoms with Crippen LogP contribution in [-0.4, -0.2) is 0 Å². The molecule has 0 radical (unpaired) electrons. The fourth-order valence-electron chi connectivity index (χ4n) is 1.29. The van der Waals surface area contributed by atoms with Gasteiger partial charge in [0, 0.05) is 0 Å². The van der Waals surface area contributed by atoms with Crippen molar-refractivity contribution in [1.82, 2.24) is 0 Å². The normalized spacial score (nSPS) is 18.5. The summed E-state index contributed by atoms with van der Waals surface area (Å²) >= 11 is 0. The van der Waals surface area contributed by atoms with Gasteiger partial charge < -0.3 is 0 Å². The molecule has 0 aromatic heterocycles. The minimum atomic E-state index is 1.19. The third-order valence-corrected chi connectivity index (χ3v) is 2.02. The summed E-state index contributed by atoms with van der Waals surface area (Å²) in [5.74, 6) is 0. The lowest BCUT2D eigenvalue weighted by Gasteiger charge is -2.07. The van der Waals surface area contributed by atoms with E-state index in [0.29, 0.717) is 0 Å². The number of allylic oxidation sites excluding steroid dienone is 8. The number of hydrogen-bond donors (Lipinski definition) is 0. The summed E-state index contributed by atoms with van der Waals surface area (Å²) in [4.78, 5) is 0. The van der Waals surface area contributed by atoms with Crippen molar-refractivity contribution in [2.24, 2.45) is 0 Å². The molecule has 0 saturated carbocycles. The van der Waals surface area contributed by atoms with Gasteiger partial charge in [0.15, 0.2) is 0 Å².